The molecule has 4 aromatic carbocycles. The van der Waals surface area contributed by atoms with Crippen molar-refractivity contribution >= 4 is 0 Å². The lowest BCUT2D eigenvalue weighted by atomic mass is 10.1. The van der Waals surface area contributed by atoms with Crippen molar-refractivity contribution in [2.45, 2.75) is 39.5 Å². The Morgan fingerprint density at radius 1 is 0.643 bits per heavy atom. The fraction of sp³-hybridized carbons (Fsp3) is 0.229. The number of aromatic nitrogens is 2. The van der Waals surface area contributed by atoms with Gasteiger partial charge in [0.05, 0.1) is 11.4 Å². The highest BCUT2D eigenvalue weighted by Crippen LogP contribution is 2.36. The number of imidazole rings is 1. The molecule has 7 nitrogen and oxygen atoms in total. The maximum atomic E-state index is 5.70. The summed E-state index contributed by atoms with van der Waals surface area (Å²) in [5.74, 6) is 4.17. The molecule has 0 saturated carbocycles. The molecular weight excluding hydrogens is 526 g/mol. The Balaban J connectivity index is 1.31. The topological polar surface area (TPSA) is 58.0 Å². The number of nitrogens with zero attached hydrogens (tertiary/aromatic N) is 3. The van der Waals surface area contributed by atoms with Crippen molar-refractivity contribution in [1.82, 2.24) is 14.5 Å². The van der Waals surface area contributed by atoms with Gasteiger partial charge in [0.15, 0.2) is 23.0 Å². The molecule has 0 unspecified atom stereocenters. The highest BCUT2D eigenvalue weighted by molar-refractivity contribution is 5.68. The molecular formula is C35H33N3O4. The molecule has 0 bridgehead atoms. The number of benzene rings is 4. The largest absolute Gasteiger partial charge is 0.454 e. The molecule has 0 aliphatic carbocycles. The van der Waals surface area contributed by atoms with Gasteiger partial charge in [0.25, 0.3) is 0 Å². The first-order chi connectivity index (χ1) is 20.7. The molecule has 0 spiro atoms. The number of fused-ring (bicyclic) bond motifs is 2. The summed E-state index contributed by atoms with van der Waals surface area (Å²) in [5.41, 5.74) is 6.77. The molecule has 0 atom stereocenters. The quantitative estimate of drug-likeness (QED) is 0.179. The van der Waals surface area contributed by atoms with E-state index in [1.165, 1.54) is 5.69 Å². The maximum Gasteiger partial charge on any atom is 0.231 e. The molecule has 2 aliphatic rings. The van der Waals surface area contributed by atoms with E-state index in [1.807, 2.05) is 18.2 Å². The molecule has 7 heteroatoms. The zero-order valence-corrected chi connectivity index (χ0v) is 23.7. The average Bonchev–Trinajstić information content (AvgIpc) is 3.77. The fourth-order valence-corrected chi connectivity index (χ4v) is 5.72. The predicted octanol–water partition coefficient (Wildman–Crippen LogP) is 7.29. The third kappa shape index (κ3) is 5.31. The molecule has 0 fully saturated rings. The number of ether oxygens (including phenoxy) is 4. The van der Waals surface area contributed by atoms with Crippen molar-refractivity contribution in [3.8, 4) is 45.6 Å². The van der Waals surface area contributed by atoms with Gasteiger partial charge in [-0.2, -0.15) is 0 Å². The van der Waals surface area contributed by atoms with E-state index in [0.717, 1.165) is 82.8 Å². The first kappa shape index (κ1) is 26.2. The van der Waals surface area contributed by atoms with Crippen LogP contribution in [0.15, 0.2) is 97.1 Å². The maximum absolute atomic E-state index is 5.70. The van der Waals surface area contributed by atoms with Crippen LogP contribution in [0.1, 0.15) is 30.2 Å². The van der Waals surface area contributed by atoms with Crippen LogP contribution in [0.3, 0.4) is 0 Å². The Morgan fingerprint density at radius 2 is 1.19 bits per heavy atom. The van der Waals surface area contributed by atoms with Crippen molar-refractivity contribution in [2.75, 3.05) is 13.6 Å². The van der Waals surface area contributed by atoms with Crippen LogP contribution >= 0.6 is 0 Å². The second-order valence-corrected chi connectivity index (χ2v) is 10.6. The van der Waals surface area contributed by atoms with Gasteiger partial charge in [-0.25, -0.2) is 4.98 Å². The third-order valence-electron chi connectivity index (χ3n) is 7.66. The highest BCUT2D eigenvalue weighted by Gasteiger charge is 2.23. The molecule has 2 aliphatic heterocycles. The van der Waals surface area contributed by atoms with Crippen LogP contribution in [-0.4, -0.2) is 28.0 Å². The van der Waals surface area contributed by atoms with E-state index in [2.05, 4.69) is 95.3 Å². The molecule has 42 heavy (non-hydrogen) atoms. The van der Waals surface area contributed by atoms with Gasteiger partial charge < -0.3 is 23.5 Å². The molecule has 212 valence electrons. The van der Waals surface area contributed by atoms with E-state index >= 15 is 0 Å². The van der Waals surface area contributed by atoms with E-state index in [0.29, 0.717) is 6.54 Å². The van der Waals surface area contributed by atoms with E-state index in [1.54, 1.807) is 0 Å². The smallest absolute Gasteiger partial charge is 0.231 e. The van der Waals surface area contributed by atoms with Crippen LogP contribution in [0.4, 0.5) is 0 Å². The van der Waals surface area contributed by atoms with Gasteiger partial charge in [-0.15, -0.1) is 0 Å². The fourth-order valence-electron chi connectivity index (χ4n) is 5.72. The Hall–Kier alpha value is -4.75. The first-order valence-electron chi connectivity index (χ1n) is 14.4. The molecule has 7 rings (SSSR count). The summed E-state index contributed by atoms with van der Waals surface area (Å²) < 4.78 is 25.0. The summed E-state index contributed by atoms with van der Waals surface area (Å²) in [4.78, 5) is 7.75. The SMILES string of the molecule is CCCn1c(-c2ccccc2)nc(-c2ccccc2)c1CN(Cc1ccc2c(c1)OCO2)Cc1ccc2c(c1)OCO2. The van der Waals surface area contributed by atoms with Crippen molar-refractivity contribution < 1.29 is 18.9 Å². The van der Waals surface area contributed by atoms with E-state index < -0.39 is 0 Å². The summed E-state index contributed by atoms with van der Waals surface area (Å²) in [5, 5.41) is 0. The lowest BCUT2D eigenvalue weighted by Gasteiger charge is -2.25. The summed E-state index contributed by atoms with van der Waals surface area (Å²) in [7, 11) is 0. The van der Waals surface area contributed by atoms with Gasteiger partial charge in [-0.05, 0) is 41.8 Å². The van der Waals surface area contributed by atoms with Gasteiger partial charge >= 0.3 is 0 Å². The first-order valence-corrected chi connectivity index (χ1v) is 14.4. The van der Waals surface area contributed by atoms with E-state index in [-0.39, 0.29) is 13.6 Å². The zero-order valence-electron chi connectivity index (χ0n) is 23.7. The van der Waals surface area contributed by atoms with Gasteiger partial charge in [-0.1, -0.05) is 79.7 Å². The predicted molar refractivity (Wildman–Crippen MR) is 161 cm³/mol. The summed E-state index contributed by atoms with van der Waals surface area (Å²) in [6.45, 7) is 5.76. The van der Waals surface area contributed by atoms with E-state index in [9.17, 15) is 0 Å². The molecule has 0 N–H and O–H groups in total. The van der Waals surface area contributed by atoms with Crippen molar-refractivity contribution in [1.29, 1.82) is 0 Å². The molecule has 1 aromatic heterocycles. The number of hydrogen-bond donors (Lipinski definition) is 0. The molecule has 3 heterocycles. The summed E-state index contributed by atoms with van der Waals surface area (Å²) >= 11 is 0. The lowest BCUT2D eigenvalue weighted by molar-refractivity contribution is 0.173. The lowest BCUT2D eigenvalue weighted by Crippen LogP contribution is -2.24. The van der Waals surface area contributed by atoms with Crippen LogP contribution in [-0.2, 0) is 26.2 Å². The minimum atomic E-state index is 0.262. The summed E-state index contributed by atoms with van der Waals surface area (Å²) in [6.07, 6.45) is 1.00. The third-order valence-corrected chi connectivity index (χ3v) is 7.66. The standard InChI is InChI=1S/C35H33N3O4/c1-2-17-38-29(34(27-9-5-3-6-10-27)36-35(38)28-11-7-4-8-12-28)22-37(20-25-13-15-30-32(18-25)41-23-39-30)21-26-14-16-31-33(19-26)42-24-40-31/h3-16,18-19H,2,17,20-24H2,1H3. The van der Waals surface area contributed by atoms with Gasteiger partial charge in [-0.3, -0.25) is 4.90 Å². The van der Waals surface area contributed by atoms with Gasteiger partial charge in [0.1, 0.15) is 5.82 Å². The number of rotatable bonds is 10. The Morgan fingerprint density at radius 3 is 1.76 bits per heavy atom. The van der Waals surface area contributed by atoms with Crippen LogP contribution in [0.25, 0.3) is 22.6 Å². The Bertz CT molecular complexity index is 1620. The second kappa shape index (κ2) is 11.6. The van der Waals surface area contributed by atoms with Gasteiger partial charge in [0, 0.05) is 37.3 Å². The van der Waals surface area contributed by atoms with E-state index in [4.69, 9.17) is 23.9 Å². The minimum Gasteiger partial charge on any atom is -0.454 e. The monoisotopic (exact) mass is 559 g/mol. The van der Waals surface area contributed by atoms with Crippen LogP contribution in [0, 0.1) is 0 Å². The van der Waals surface area contributed by atoms with Crippen LogP contribution < -0.4 is 18.9 Å². The van der Waals surface area contributed by atoms with Crippen LogP contribution in [0.2, 0.25) is 0 Å². The molecule has 0 radical (unpaired) electrons. The van der Waals surface area contributed by atoms with Crippen molar-refractivity contribution in [3.63, 3.8) is 0 Å². The molecule has 0 amide bonds. The Kier molecular flexibility index (Phi) is 7.24. The Labute approximate surface area is 245 Å². The summed E-state index contributed by atoms with van der Waals surface area (Å²) in [6, 6.07) is 33.4. The minimum absolute atomic E-state index is 0.262. The molecule has 5 aromatic rings. The van der Waals surface area contributed by atoms with Crippen LogP contribution in [0.5, 0.6) is 23.0 Å². The molecule has 0 saturated heterocycles. The normalized spacial score (nSPS) is 13.2. The van der Waals surface area contributed by atoms with Gasteiger partial charge in [0.2, 0.25) is 13.6 Å². The zero-order chi connectivity index (χ0) is 28.3. The van der Waals surface area contributed by atoms with Crippen molar-refractivity contribution in [2.24, 2.45) is 0 Å². The van der Waals surface area contributed by atoms with Crippen molar-refractivity contribution in [3.05, 3.63) is 114 Å². The average molecular weight is 560 g/mol. The number of hydrogen-bond acceptors (Lipinski definition) is 6. The second-order valence-electron chi connectivity index (χ2n) is 10.6. The highest BCUT2D eigenvalue weighted by atomic mass is 16.7.